The Hall–Kier alpha value is -1.51. The topological polar surface area (TPSA) is 64.3 Å². The molecule has 0 radical (unpaired) electrons. The van der Waals surface area contributed by atoms with Crippen molar-refractivity contribution in [3.8, 4) is 6.07 Å². The number of carbonyl (C=O) groups is 1. The summed E-state index contributed by atoms with van der Waals surface area (Å²) in [6.45, 7) is 1.28. The lowest BCUT2D eigenvalue weighted by Gasteiger charge is -2.32. The zero-order valence-electron chi connectivity index (χ0n) is 9.87. The summed E-state index contributed by atoms with van der Waals surface area (Å²) in [6, 6.07) is 9.06. The third-order valence-corrected chi connectivity index (χ3v) is 4.06. The number of hydrogen-bond donors (Lipinski definition) is 1. The van der Waals surface area contributed by atoms with E-state index in [1.165, 1.54) is 0 Å². The van der Waals surface area contributed by atoms with Gasteiger partial charge in [0, 0.05) is 24.6 Å². The van der Waals surface area contributed by atoms with Gasteiger partial charge in [0.05, 0.1) is 11.6 Å². The number of rotatable bonds is 3. The molecule has 0 aromatic heterocycles. The number of carboxylic acids is 1. The monoisotopic (exact) mass is 262 g/mol. The summed E-state index contributed by atoms with van der Waals surface area (Å²) in [4.78, 5) is 13.1. The first kappa shape index (κ1) is 12.9. The van der Waals surface area contributed by atoms with E-state index in [-0.39, 0.29) is 0 Å². The van der Waals surface area contributed by atoms with Gasteiger partial charge in [-0.05, 0) is 11.6 Å². The summed E-state index contributed by atoms with van der Waals surface area (Å²) < 4.78 is 0. The van der Waals surface area contributed by atoms with Crippen LogP contribution in [0.3, 0.4) is 0 Å². The number of hydrogen-bond acceptors (Lipinski definition) is 4. The van der Waals surface area contributed by atoms with Crippen molar-refractivity contribution in [2.75, 3.05) is 18.1 Å². The molecule has 4 nitrogen and oxygen atoms in total. The van der Waals surface area contributed by atoms with Gasteiger partial charge in [0.1, 0.15) is 6.04 Å². The van der Waals surface area contributed by atoms with Gasteiger partial charge in [-0.15, -0.1) is 0 Å². The fourth-order valence-electron chi connectivity index (χ4n) is 2.04. The highest BCUT2D eigenvalue weighted by Crippen LogP contribution is 2.20. The maximum atomic E-state index is 11.2. The molecule has 18 heavy (non-hydrogen) atoms. The van der Waals surface area contributed by atoms with Gasteiger partial charge in [-0.2, -0.15) is 17.0 Å². The van der Waals surface area contributed by atoms with E-state index in [1.54, 1.807) is 17.8 Å². The van der Waals surface area contributed by atoms with Gasteiger partial charge < -0.3 is 5.11 Å². The molecule has 1 aromatic rings. The quantitative estimate of drug-likeness (QED) is 0.895. The average Bonchev–Trinajstić information content (AvgIpc) is 2.40. The summed E-state index contributed by atoms with van der Waals surface area (Å²) in [6.07, 6.45) is 0. The molecule has 1 saturated heterocycles. The molecule has 1 aliphatic rings. The molecule has 0 amide bonds. The molecule has 1 N–H and O–H groups in total. The van der Waals surface area contributed by atoms with Crippen LogP contribution in [0.1, 0.15) is 11.1 Å². The first-order valence-corrected chi connectivity index (χ1v) is 6.90. The Kier molecular flexibility index (Phi) is 4.24. The van der Waals surface area contributed by atoms with E-state index >= 15 is 0 Å². The van der Waals surface area contributed by atoms with E-state index in [4.69, 9.17) is 5.26 Å². The van der Waals surface area contributed by atoms with E-state index < -0.39 is 12.0 Å². The van der Waals surface area contributed by atoms with Gasteiger partial charge in [0.15, 0.2) is 0 Å². The molecule has 0 spiro atoms. The van der Waals surface area contributed by atoms with Crippen LogP contribution in [-0.4, -0.2) is 40.1 Å². The molecule has 5 heteroatoms. The molecule has 0 aliphatic carbocycles. The Morgan fingerprint density at radius 1 is 1.56 bits per heavy atom. The lowest BCUT2D eigenvalue weighted by Crippen LogP contribution is -2.46. The van der Waals surface area contributed by atoms with Crippen LogP contribution in [0.2, 0.25) is 0 Å². The van der Waals surface area contributed by atoms with Crippen LogP contribution in [0.5, 0.6) is 0 Å². The molecule has 1 heterocycles. The van der Waals surface area contributed by atoms with Gasteiger partial charge in [-0.1, -0.05) is 18.2 Å². The molecule has 2 rings (SSSR count). The van der Waals surface area contributed by atoms with Crippen LogP contribution >= 0.6 is 11.8 Å². The predicted molar refractivity (Wildman–Crippen MR) is 70.3 cm³/mol. The normalized spacial score (nSPS) is 20.3. The number of carboxylic acid groups (broad SMARTS) is 1. The molecule has 1 aliphatic heterocycles. The Morgan fingerprint density at radius 3 is 3.06 bits per heavy atom. The van der Waals surface area contributed by atoms with E-state index in [2.05, 4.69) is 6.07 Å². The van der Waals surface area contributed by atoms with Gasteiger partial charge >= 0.3 is 5.97 Å². The maximum Gasteiger partial charge on any atom is 0.321 e. The van der Waals surface area contributed by atoms with Crippen LogP contribution in [0.4, 0.5) is 0 Å². The molecule has 0 saturated carbocycles. The van der Waals surface area contributed by atoms with Crippen LogP contribution in [-0.2, 0) is 11.3 Å². The molecular formula is C13H14N2O2S. The van der Waals surface area contributed by atoms with Gasteiger partial charge in [0.25, 0.3) is 0 Å². The Morgan fingerprint density at radius 2 is 2.33 bits per heavy atom. The number of aliphatic carboxylic acids is 1. The van der Waals surface area contributed by atoms with Gasteiger partial charge in [-0.3, -0.25) is 9.69 Å². The zero-order chi connectivity index (χ0) is 13.0. The second-order valence-electron chi connectivity index (χ2n) is 4.17. The highest BCUT2D eigenvalue weighted by atomic mass is 32.2. The van der Waals surface area contributed by atoms with Crippen LogP contribution in [0.25, 0.3) is 0 Å². The van der Waals surface area contributed by atoms with Gasteiger partial charge in [0.2, 0.25) is 0 Å². The van der Waals surface area contributed by atoms with E-state index in [0.717, 1.165) is 17.9 Å². The second-order valence-corrected chi connectivity index (χ2v) is 5.32. The molecule has 1 unspecified atom stereocenters. The number of nitrogens with zero attached hydrogens (tertiary/aromatic N) is 2. The Bertz CT molecular complexity index is 484. The fraction of sp³-hybridized carbons (Fsp3) is 0.385. The fourth-order valence-corrected chi connectivity index (χ4v) is 3.15. The van der Waals surface area contributed by atoms with Crippen molar-refractivity contribution in [2.24, 2.45) is 0 Å². The molecule has 1 atom stereocenters. The summed E-state index contributed by atoms with van der Waals surface area (Å²) >= 11 is 1.67. The van der Waals surface area contributed by atoms with Crippen LogP contribution in [0.15, 0.2) is 24.3 Å². The third kappa shape index (κ3) is 2.84. The van der Waals surface area contributed by atoms with Crippen LogP contribution in [0, 0.1) is 11.3 Å². The standard InChI is InChI=1S/C13H14N2O2S/c14-7-10-3-1-2-4-11(10)8-15-5-6-18-9-12(15)13(16)17/h1-4,12H,5-6,8-9H2,(H,16,17). The first-order valence-electron chi connectivity index (χ1n) is 5.75. The minimum absolute atomic E-state index is 0.449. The first-order chi connectivity index (χ1) is 8.72. The van der Waals surface area contributed by atoms with Crippen molar-refractivity contribution in [3.63, 3.8) is 0 Å². The van der Waals surface area contributed by atoms with Crippen LogP contribution < -0.4 is 0 Å². The summed E-state index contributed by atoms with van der Waals surface area (Å²) in [5.41, 5.74) is 1.53. The molecule has 0 bridgehead atoms. The molecular weight excluding hydrogens is 248 g/mol. The van der Waals surface area contributed by atoms with E-state index in [1.807, 2.05) is 23.1 Å². The second kappa shape index (κ2) is 5.89. The summed E-state index contributed by atoms with van der Waals surface area (Å²) in [5.74, 6) is 0.777. The lowest BCUT2D eigenvalue weighted by atomic mass is 10.1. The molecule has 1 aromatic carbocycles. The Labute approximate surface area is 110 Å². The number of nitriles is 1. The molecule has 94 valence electrons. The highest BCUT2D eigenvalue weighted by Gasteiger charge is 2.28. The van der Waals surface area contributed by atoms with Crippen molar-refractivity contribution in [2.45, 2.75) is 12.6 Å². The largest absolute Gasteiger partial charge is 0.480 e. The SMILES string of the molecule is N#Cc1ccccc1CN1CCSCC1C(=O)O. The predicted octanol–water partition coefficient (Wildman–Crippen LogP) is 1.56. The van der Waals surface area contributed by atoms with Crippen molar-refractivity contribution >= 4 is 17.7 Å². The smallest absolute Gasteiger partial charge is 0.321 e. The maximum absolute atomic E-state index is 11.2. The zero-order valence-corrected chi connectivity index (χ0v) is 10.7. The minimum Gasteiger partial charge on any atom is -0.480 e. The molecule has 1 fully saturated rings. The average molecular weight is 262 g/mol. The highest BCUT2D eigenvalue weighted by molar-refractivity contribution is 7.99. The van der Waals surface area contributed by atoms with E-state index in [0.29, 0.717) is 17.9 Å². The minimum atomic E-state index is -0.781. The van der Waals surface area contributed by atoms with Crippen molar-refractivity contribution in [3.05, 3.63) is 35.4 Å². The van der Waals surface area contributed by atoms with Gasteiger partial charge in [-0.25, -0.2) is 0 Å². The van der Waals surface area contributed by atoms with Crippen molar-refractivity contribution in [1.82, 2.24) is 4.90 Å². The number of benzene rings is 1. The summed E-state index contributed by atoms with van der Waals surface area (Å²) in [5, 5.41) is 18.2. The van der Waals surface area contributed by atoms with Crippen molar-refractivity contribution < 1.29 is 9.90 Å². The third-order valence-electron chi connectivity index (χ3n) is 3.04. The van der Waals surface area contributed by atoms with Crippen molar-refractivity contribution in [1.29, 1.82) is 5.26 Å². The summed E-state index contributed by atoms with van der Waals surface area (Å²) in [7, 11) is 0. The van der Waals surface area contributed by atoms with E-state index in [9.17, 15) is 9.90 Å². The lowest BCUT2D eigenvalue weighted by molar-refractivity contribution is -0.142. The Balaban J connectivity index is 2.16. The number of thioether (sulfide) groups is 1.